The predicted molar refractivity (Wildman–Crippen MR) is 110 cm³/mol. The Morgan fingerprint density at radius 1 is 1.00 bits per heavy atom. The Bertz CT molecular complexity index is 1040. The van der Waals surface area contributed by atoms with E-state index in [1.807, 2.05) is 0 Å². The van der Waals surface area contributed by atoms with Gasteiger partial charge < -0.3 is 4.90 Å². The summed E-state index contributed by atoms with van der Waals surface area (Å²) < 4.78 is 54.7. The molecule has 2 aromatic carbocycles. The summed E-state index contributed by atoms with van der Waals surface area (Å²) >= 11 is 0. The van der Waals surface area contributed by atoms with Crippen molar-refractivity contribution in [2.75, 3.05) is 18.8 Å². The number of allylic oxidation sites excluding steroid dienone is 2. The smallest absolute Gasteiger partial charge is 0.298 e. The average Bonchev–Trinajstić information content (AvgIpc) is 2.73. The molecule has 1 saturated heterocycles. The lowest BCUT2D eigenvalue weighted by Gasteiger charge is -2.41. The maximum atomic E-state index is 14.8. The third kappa shape index (κ3) is 3.50. The van der Waals surface area contributed by atoms with Gasteiger partial charge in [0.1, 0.15) is 0 Å². The molecule has 152 valence electrons. The van der Waals surface area contributed by atoms with Gasteiger partial charge in [-0.2, -0.15) is 8.78 Å². The first-order valence-corrected chi connectivity index (χ1v) is 11.4. The molecule has 0 amide bonds. The summed E-state index contributed by atoms with van der Waals surface area (Å²) in [7, 11) is -3.35. The van der Waals surface area contributed by atoms with Gasteiger partial charge in [0.05, 0.1) is 10.7 Å². The molecule has 0 N–H and O–H groups in total. The van der Waals surface area contributed by atoms with Crippen molar-refractivity contribution in [1.82, 2.24) is 4.90 Å². The minimum absolute atomic E-state index is 0.0494. The van der Waals surface area contributed by atoms with Gasteiger partial charge in [-0.15, -0.1) is 0 Å². The molecule has 0 saturated carbocycles. The summed E-state index contributed by atoms with van der Waals surface area (Å²) in [5, 5.41) is 0. The average molecular weight is 416 g/mol. The van der Waals surface area contributed by atoms with Crippen LogP contribution in [0.4, 0.5) is 8.78 Å². The second-order valence-corrected chi connectivity index (χ2v) is 9.59. The van der Waals surface area contributed by atoms with E-state index in [0.29, 0.717) is 6.54 Å². The molecule has 2 heterocycles. The van der Waals surface area contributed by atoms with Crippen LogP contribution < -0.4 is 0 Å². The van der Waals surface area contributed by atoms with Crippen LogP contribution in [-0.4, -0.2) is 32.2 Å². The number of rotatable bonds is 4. The largest absolute Gasteiger partial charge is 0.372 e. The summed E-state index contributed by atoms with van der Waals surface area (Å²) in [6.07, 6.45) is 3.14. The molecule has 2 aliphatic heterocycles. The fourth-order valence-electron chi connectivity index (χ4n) is 4.32. The van der Waals surface area contributed by atoms with Crippen molar-refractivity contribution in [2.45, 2.75) is 24.7 Å². The molecule has 4 rings (SSSR count). The van der Waals surface area contributed by atoms with Crippen LogP contribution in [0.1, 0.15) is 35.4 Å². The van der Waals surface area contributed by atoms with Crippen LogP contribution in [-0.2, 0) is 15.8 Å². The molecule has 2 aromatic rings. The third-order valence-electron chi connectivity index (χ3n) is 5.81. The summed E-state index contributed by atoms with van der Waals surface area (Å²) in [6, 6.07) is 14.1. The molecular weight excluding hydrogens is 392 g/mol. The van der Waals surface area contributed by atoms with Gasteiger partial charge in [0.2, 0.25) is 0 Å². The Morgan fingerprint density at radius 2 is 1.66 bits per heavy atom. The first-order valence-electron chi connectivity index (χ1n) is 9.72. The van der Waals surface area contributed by atoms with Crippen molar-refractivity contribution in [1.29, 1.82) is 0 Å². The molecule has 1 atom stereocenters. The standard InChI is InChI=1S/C23H23F2NO2S/c1-2-21-22-20(9-6-14-26(22)15-16-29(21,27)28)17-10-12-19(13-11-17)23(24,25)18-7-4-3-5-8-18/h2-5,7-8,10-13,20H,1,6,9,14-16H2. The Balaban J connectivity index is 1.72. The van der Waals surface area contributed by atoms with Gasteiger partial charge in [0, 0.05) is 35.8 Å². The molecular formula is C23H23F2NO2S. The summed E-state index contributed by atoms with van der Waals surface area (Å²) in [5.41, 5.74) is 1.50. The fraction of sp³-hybridized carbons (Fsp3) is 0.304. The highest BCUT2D eigenvalue weighted by Crippen LogP contribution is 2.42. The summed E-state index contributed by atoms with van der Waals surface area (Å²) in [6.45, 7) is 4.99. The van der Waals surface area contributed by atoms with Crippen molar-refractivity contribution in [3.8, 4) is 0 Å². The zero-order valence-electron chi connectivity index (χ0n) is 16.0. The zero-order valence-corrected chi connectivity index (χ0v) is 16.8. The first kappa shape index (κ1) is 19.8. The second-order valence-electron chi connectivity index (χ2n) is 7.52. The quantitative estimate of drug-likeness (QED) is 0.718. The van der Waals surface area contributed by atoms with Crippen LogP contribution in [0, 0.1) is 0 Å². The normalized spacial score (nSPS) is 21.6. The van der Waals surface area contributed by atoms with Crippen LogP contribution in [0.2, 0.25) is 0 Å². The Kier molecular flexibility index (Phi) is 5.07. The van der Waals surface area contributed by atoms with Crippen molar-refractivity contribution in [3.63, 3.8) is 0 Å². The van der Waals surface area contributed by atoms with E-state index in [1.54, 1.807) is 30.3 Å². The van der Waals surface area contributed by atoms with Crippen molar-refractivity contribution >= 4 is 9.84 Å². The second kappa shape index (κ2) is 7.41. The van der Waals surface area contributed by atoms with Gasteiger partial charge >= 0.3 is 0 Å². The van der Waals surface area contributed by atoms with E-state index in [4.69, 9.17) is 0 Å². The van der Waals surface area contributed by atoms with Crippen LogP contribution in [0.25, 0.3) is 0 Å². The summed E-state index contributed by atoms with van der Waals surface area (Å²) in [4.78, 5) is 2.39. The van der Waals surface area contributed by atoms with Crippen molar-refractivity contribution in [3.05, 3.63) is 94.5 Å². The number of hydrogen-bond donors (Lipinski definition) is 0. The van der Waals surface area contributed by atoms with E-state index in [0.717, 1.165) is 30.6 Å². The van der Waals surface area contributed by atoms with E-state index in [1.165, 1.54) is 30.3 Å². The number of sulfone groups is 1. The van der Waals surface area contributed by atoms with E-state index in [2.05, 4.69) is 11.5 Å². The van der Waals surface area contributed by atoms with E-state index in [9.17, 15) is 17.2 Å². The molecule has 0 aliphatic carbocycles. The van der Waals surface area contributed by atoms with E-state index in [-0.39, 0.29) is 27.7 Å². The Hall–Kier alpha value is -2.47. The fourth-order valence-corrected chi connectivity index (χ4v) is 5.84. The highest BCUT2D eigenvalue weighted by molar-refractivity contribution is 7.95. The maximum Gasteiger partial charge on any atom is 0.298 e. The van der Waals surface area contributed by atoms with Crippen molar-refractivity contribution in [2.24, 2.45) is 0 Å². The third-order valence-corrected chi connectivity index (χ3v) is 7.57. The number of nitrogens with zero attached hydrogens (tertiary/aromatic N) is 1. The number of halogens is 2. The molecule has 1 fully saturated rings. The van der Waals surface area contributed by atoms with Crippen LogP contribution >= 0.6 is 0 Å². The SMILES string of the molecule is C=CC1=C2C(c3ccc(C(F)(F)c4ccccc4)cc3)CCCN2CCS1(=O)=O. The highest BCUT2D eigenvalue weighted by Gasteiger charge is 2.37. The topological polar surface area (TPSA) is 37.4 Å². The number of alkyl halides is 2. The van der Waals surface area contributed by atoms with E-state index < -0.39 is 15.8 Å². The zero-order chi connectivity index (χ0) is 20.6. The maximum absolute atomic E-state index is 14.8. The first-order chi connectivity index (χ1) is 13.8. The number of piperidine rings is 1. The monoisotopic (exact) mass is 415 g/mol. The number of benzene rings is 2. The minimum atomic E-state index is -3.35. The highest BCUT2D eigenvalue weighted by atomic mass is 32.2. The molecule has 0 bridgehead atoms. The lowest BCUT2D eigenvalue weighted by Crippen LogP contribution is -2.41. The number of fused-ring (bicyclic) bond motifs is 1. The van der Waals surface area contributed by atoms with Crippen LogP contribution in [0.15, 0.2) is 77.9 Å². The van der Waals surface area contributed by atoms with Crippen LogP contribution in [0.3, 0.4) is 0 Å². The lowest BCUT2D eigenvalue weighted by atomic mass is 9.85. The summed E-state index contributed by atoms with van der Waals surface area (Å²) in [5.74, 6) is -3.13. The van der Waals surface area contributed by atoms with Crippen LogP contribution in [0.5, 0.6) is 0 Å². The molecule has 1 unspecified atom stereocenters. The van der Waals surface area contributed by atoms with Gasteiger partial charge in [-0.05, 0) is 24.5 Å². The molecule has 0 radical (unpaired) electrons. The Labute approximate surface area is 170 Å². The minimum Gasteiger partial charge on any atom is -0.372 e. The van der Waals surface area contributed by atoms with Crippen molar-refractivity contribution < 1.29 is 17.2 Å². The van der Waals surface area contributed by atoms with Gasteiger partial charge in [0.25, 0.3) is 5.92 Å². The predicted octanol–water partition coefficient (Wildman–Crippen LogP) is 4.83. The molecule has 0 spiro atoms. The molecule has 6 heteroatoms. The molecule has 2 aliphatic rings. The van der Waals surface area contributed by atoms with Gasteiger partial charge in [-0.3, -0.25) is 0 Å². The van der Waals surface area contributed by atoms with E-state index >= 15 is 0 Å². The molecule has 29 heavy (non-hydrogen) atoms. The van der Waals surface area contributed by atoms with Gasteiger partial charge in [-0.25, -0.2) is 8.42 Å². The molecule has 0 aromatic heterocycles. The molecule has 3 nitrogen and oxygen atoms in total. The van der Waals surface area contributed by atoms with Gasteiger partial charge in [-0.1, -0.05) is 61.2 Å². The Morgan fingerprint density at radius 3 is 2.31 bits per heavy atom. The van der Waals surface area contributed by atoms with Gasteiger partial charge in [0.15, 0.2) is 9.84 Å². The number of hydrogen-bond acceptors (Lipinski definition) is 3. The lowest BCUT2D eigenvalue weighted by molar-refractivity contribution is 0.0428.